The van der Waals surface area contributed by atoms with Crippen molar-refractivity contribution in [2.75, 3.05) is 27.3 Å². The van der Waals surface area contributed by atoms with E-state index in [1.54, 1.807) is 7.11 Å². The Kier molecular flexibility index (Phi) is 5.27. The van der Waals surface area contributed by atoms with Crippen LogP contribution < -0.4 is 9.47 Å². The molecule has 0 unspecified atom stereocenters. The second kappa shape index (κ2) is 6.42. The lowest BCUT2D eigenvalue weighted by atomic mass is 9.82. The molecule has 2 aliphatic heterocycles. The van der Waals surface area contributed by atoms with E-state index in [0.29, 0.717) is 12.0 Å². The highest BCUT2D eigenvalue weighted by molar-refractivity contribution is 9.11. The maximum atomic E-state index is 6.02. The summed E-state index contributed by atoms with van der Waals surface area (Å²) in [6, 6.07) is 2.54. The van der Waals surface area contributed by atoms with E-state index < -0.39 is 0 Å². The zero-order valence-corrected chi connectivity index (χ0v) is 15.5. The minimum atomic E-state index is 0. The zero-order valence-electron chi connectivity index (χ0n) is 11.5. The molecule has 0 radical (unpaired) electrons. The van der Waals surface area contributed by atoms with Crippen LogP contribution in [0.3, 0.4) is 0 Å². The molecule has 1 fully saturated rings. The van der Waals surface area contributed by atoms with Crippen LogP contribution in [0.2, 0.25) is 0 Å². The van der Waals surface area contributed by atoms with Crippen molar-refractivity contribution in [3.05, 3.63) is 20.6 Å². The van der Waals surface area contributed by atoms with Crippen LogP contribution in [0.4, 0.5) is 0 Å². The van der Waals surface area contributed by atoms with Crippen molar-refractivity contribution in [1.29, 1.82) is 0 Å². The Morgan fingerprint density at radius 1 is 1.35 bits per heavy atom. The van der Waals surface area contributed by atoms with Crippen LogP contribution in [0.5, 0.6) is 11.5 Å². The number of hydrogen-bond acceptors (Lipinski definition) is 3. The lowest BCUT2D eigenvalue weighted by molar-refractivity contribution is 0.0842. The fraction of sp³-hybridized carbons (Fsp3) is 0.571. The lowest BCUT2D eigenvalue weighted by Gasteiger charge is -2.43. The van der Waals surface area contributed by atoms with Gasteiger partial charge in [0.2, 0.25) is 0 Å². The van der Waals surface area contributed by atoms with E-state index in [0.717, 1.165) is 33.6 Å². The number of hydrogen-bond donors (Lipinski definition) is 0. The summed E-state index contributed by atoms with van der Waals surface area (Å²) in [6.07, 6.45) is 2.46. The highest BCUT2D eigenvalue weighted by Crippen LogP contribution is 2.51. The summed E-state index contributed by atoms with van der Waals surface area (Å²) in [4.78, 5) is 2.41. The van der Waals surface area contributed by atoms with Gasteiger partial charge in [0.05, 0.1) is 17.6 Å². The summed E-state index contributed by atoms with van der Waals surface area (Å²) >= 11 is 7.23. The molecule has 112 valence electrons. The average Bonchev–Trinajstić information content (AvgIpc) is 2.38. The summed E-state index contributed by atoms with van der Waals surface area (Å²) in [5, 5.41) is 0. The lowest BCUT2D eigenvalue weighted by Crippen LogP contribution is -2.47. The first-order chi connectivity index (χ1) is 9.13. The highest BCUT2D eigenvalue weighted by Gasteiger charge is 2.39. The number of likely N-dealkylation sites (N-methyl/N-ethyl adjacent to an activating group) is 1. The quantitative estimate of drug-likeness (QED) is 0.670. The molecule has 20 heavy (non-hydrogen) atoms. The fourth-order valence-electron chi connectivity index (χ4n) is 3.25. The molecule has 1 aromatic rings. The maximum absolute atomic E-state index is 6.02. The van der Waals surface area contributed by atoms with Gasteiger partial charge in [0.25, 0.3) is 0 Å². The third-order valence-corrected chi connectivity index (χ3v) is 5.45. The SMILES string of the molecule is COc1c(Br)cc(Br)c2c1OC[C@H]1[C@H]2CCCN1C.Cl. The second-order valence-corrected chi connectivity index (χ2v) is 6.93. The van der Waals surface area contributed by atoms with Crippen LogP contribution in [0, 0.1) is 0 Å². The first kappa shape index (κ1) is 16.4. The Morgan fingerprint density at radius 2 is 2.10 bits per heavy atom. The van der Waals surface area contributed by atoms with Gasteiger partial charge in [0.15, 0.2) is 11.5 Å². The van der Waals surface area contributed by atoms with Gasteiger partial charge in [-0.15, -0.1) is 12.4 Å². The van der Waals surface area contributed by atoms with Crippen molar-refractivity contribution >= 4 is 44.3 Å². The number of rotatable bonds is 1. The van der Waals surface area contributed by atoms with Gasteiger partial charge >= 0.3 is 0 Å². The number of methoxy groups -OCH3 is 1. The predicted molar refractivity (Wildman–Crippen MR) is 89.5 cm³/mol. The van der Waals surface area contributed by atoms with Crippen LogP contribution in [0.1, 0.15) is 24.3 Å². The van der Waals surface area contributed by atoms with E-state index in [-0.39, 0.29) is 12.4 Å². The van der Waals surface area contributed by atoms with E-state index in [4.69, 9.17) is 9.47 Å². The molecule has 0 bridgehead atoms. The van der Waals surface area contributed by atoms with Gasteiger partial charge in [0, 0.05) is 16.0 Å². The van der Waals surface area contributed by atoms with Crippen LogP contribution >= 0.6 is 44.3 Å². The van der Waals surface area contributed by atoms with E-state index in [1.807, 2.05) is 0 Å². The van der Waals surface area contributed by atoms with Crippen LogP contribution in [-0.2, 0) is 0 Å². The number of benzene rings is 1. The number of likely N-dealkylation sites (tertiary alicyclic amines) is 1. The molecular weight excluding hydrogens is 409 g/mol. The maximum Gasteiger partial charge on any atom is 0.175 e. The predicted octanol–water partition coefficient (Wildman–Crippen LogP) is 4.21. The van der Waals surface area contributed by atoms with Gasteiger partial charge in [-0.1, -0.05) is 15.9 Å². The topological polar surface area (TPSA) is 21.7 Å². The molecule has 2 heterocycles. The molecule has 0 N–H and O–H groups in total. The molecule has 2 atom stereocenters. The third kappa shape index (κ3) is 2.58. The molecule has 1 saturated heterocycles. The molecule has 1 aromatic carbocycles. The molecule has 0 spiro atoms. The minimum absolute atomic E-state index is 0. The smallest absolute Gasteiger partial charge is 0.175 e. The molecule has 2 aliphatic rings. The Labute approximate surface area is 142 Å². The van der Waals surface area contributed by atoms with Gasteiger partial charge in [0.1, 0.15) is 6.61 Å². The molecule has 3 nitrogen and oxygen atoms in total. The fourth-order valence-corrected chi connectivity index (χ4v) is 4.83. The number of nitrogens with zero attached hydrogens (tertiary/aromatic N) is 1. The summed E-state index contributed by atoms with van der Waals surface area (Å²) in [5.74, 6) is 2.24. The molecule has 0 amide bonds. The van der Waals surface area contributed by atoms with Gasteiger partial charge < -0.3 is 9.47 Å². The molecule has 6 heteroatoms. The zero-order chi connectivity index (χ0) is 13.6. The third-order valence-electron chi connectivity index (χ3n) is 4.21. The highest BCUT2D eigenvalue weighted by atomic mass is 79.9. The van der Waals surface area contributed by atoms with Crippen LogP contribution in [0.25, 0.3) is 0 Å². The normalized spacial score (nSPS) is 25.0. The van der Waals surface area contributed by atoms with Crippen LogP contribution in [-0.4, -0.2) is 38.3 Å². The Balaban J connectivity index is 0.00000147. The Bertz CT molecular complexity index is 512. The largest absolute Gasteiger partial charge is 0.492 e. The van der Waals surface area contributed by atoms with Crippen molar-refractivity contribution < 1.29 is 9.47 Å². The first-order valence-electron chi connectivity index (χ1n) is 6.52. The van der Waals surface area contributed by atoms with Crippen molar-refractivity contribution in [3.8, 4) is 11.5 Å². The summed E-state index contributed by atoms with van der Waals surface area (Å²) in [5.41, 5.74) is 1.27. The Hall–Kier alpha value is 0.0300. The standard InChI is InChI=1S/C14H17Br2NO2.ClH/c1-17-5-3-4-8-11(17)7-19-14-12(8)9(15)6-10(16)13(14)18-2;/h6,8,11H,3-5,7H2,1-2H3;1H/t8-,11+;/m1./s1. The minimum Gasteiger partial charge on any atom is -0.492 e. The summed E-state index contributed by atoms with van der Waals surface area (Å²) in [7, 11) is 3.88. The van der Waals surface area contributed by atoms with Gasteiger partial charge in [-0.25, -0.2) is 0 Å². The van der Waals surface area contributed by atoms with Crippen molar-refractivity contribution in [1.82, 2.24) is 4.90 Å². The van der Waals surface area contributed by atoms with Crippen LogP contribution in [0.15, 0.2) is 15.0 Å². The first-order valence-corrected chi connectivity index (χ1v) is 8.11. The number of piperidine rings is 1. The molecule has 0 aromatic heterocycles. The summed E-state index contributed by atoms with van der Waals surface area (Å²) in [6.45, 7) is 1.90. The monoisotopic (exact) mass is 425 g/mol. The molecule has 3 rings (SSSR count). The summed E-state index contributed by atoms with van der Waals surface area (Å²) < 4.78 is 13.6. The van der Waals surface area contributed by atoms with E-state index in [1.165, 1.54) is 18.4 Å². The average molecular weight is 428 g/mol. The van der Waals surface area contributed by atoms with Gasteiger partial charge in [-0.3, -0.25) is 4.90 Å². The number of fused-ring (bicyclic) bond motifs is 3. The Morgan fingerprint density at radius 3 is 2.80 bits per heavy atom. The number of halogens is 3. The second-order valence-electron chi connectivity index (χ2n) is 5.22. The van der Waals surface area contributed by atoms with Crippen molar-refractivity contribution in [2.45, 2.75) is 24.8 Å². The van der Waals surface area contributed by atoms with E-state index >= 15 is 0 Å². The van der Waals surface area contributed by atoms with Gasteiger partial charge in [-0.2, -0.15) is 0 Å². The van der Waals surface area contributed by atoms with Crippen molar-refractivity contribution in [3.63, 3.8) is 0 Å². The van der Waals surface area contributed by atoms with E-state index in [2.05, 4.69) is 49.9 Å². The molecule has 0 aliphatic carbocycles. The van der Waals surface area contributed by atoms with E-state index in [9.17, 15) is 0 Å². The van der Waals surface area contributed by atoms with Gasteiger partial charge in [-0.05, 0) is 48.4 Å². The number of ether oxygens (including phenoxy) is 2. The van der Waals surface area contributed by atoms with Crippen molar-refractivity contribution in [2.24, 2.45) is 0 Å². The molecular formula is C14H18Br2ClNO2. The molecule has 0 saturated carbocycles.